The number of nitrogens with one attached hydrogen (secondary N) is 1. The first-order valence-electron chi connectivity index (χ1n) is 9.28. The fourth-order valence-electron chi connectivity index (χ4n) is 3.50. The van der Waals surface area contributed by atoms with Crippen molar-refractivity contribution in [3.63, 3.8) is 0 Å². The molecule has 0 saturated carbocycles. The van der Waals surface area contributed by atoms with Crippen molar-refractivity contribution in [2.24, 2.45) is 16.6 Å². The van der Waals surface area contributed by atoms with Crippen LogP contribution in [0, 0.1) is 17.2 Å². The van der Waals surface area contributed by atoms with Crippen LogP contribution in [0.4, 0.5) is 24.1 Å². The molecule has 12 heteroatoms. The molecule has 8 nitrogen and oxygen atoms in total. The number of aliphatic imine (C=N–C) groups is 1. The van der Waals surface area contributed by atoms with E-state index in [2.05, 4.69) is 31.2 Å². The zero-order chi connectivity index (χ0) is 21.5. The number of thiazole rings is 1. The Labute approximate surface area is 174 Å². The normalized spacial score (nSPS) is 22.5. The molecule has 2 unspecified atom stereocenters. The molecule has 2 atom stereocenters. The van der Waals surface area contributed by atoms with Gasteiger partial charge in [-0.3, -0.25) is 0 Å². The zero-order valence-corrected chi connectivity index (χ0v) is 16.8. The predicted molar refractivity (Wildman–Crippen MR) is 109 cm³/mol. The van der Waals surface area contributed by atoms with Gasteiger partial charge in [-0.05, 0) is 18.9 Å². The van der Waals surface area contributed by atoms with Crippen LogP contribution in [-0.2, 0) is 0 Å². The first-order chi connectivity index (χ1) is 14.3. The summed E-state index contributed by atoms with van der Waals surface area (Å²) in [6, 6.07) is 4.06. The smallest absolute Gasteiger partial charge is 0.384 e. The molecule has 0 spiro atoms. The van der Waals surface area contributed by atoms with Crippen LogP contribution >= 0.6 is 11.3 Å². The van der Waals surface area contributed by atoms with Crippen LogP contribution in [0.25, 0.3) is 10.2 Å². The Hall–Kier alpha value is -3.07. The Kier molecular flexibility index (Phi) is 5.15. The molecular weight excluding hydrogens is 417 g/mol. The molecule has 3 N–H and O–H groups in total. The molecule has 2 aliphatic rings. The fourth-order valence-corrected chi connectivity index (χ4v) is 4.54. The molecule has 1 fully saturated rings. The second kappa shape index (κ2) is 7.64. The van der Waals surface area contributed by atoms with Crippen LogP contribution in [0.2, 0.25) is 0 Å². The van der Waals surface area contributed by atoms with Crippen molar-refractivity contribution in [1.29, 1.82) is 5.26 Å². The molecule has 4 rings (SSSR count). The highest BCUT2D eigenvalue weighted by molar-refractivity contribution is 7.22. The second-order valence-corrected chi connectivity index (χ2v) is 8.13. The van der Waals surface area contributed by atoms with Crippen LogP contribution in [-0.4, -0.2) is 53.2 Å². The Morgan fingerprint density at radius 1 is 1.40 bits per heavy atom. The van der Waals surface area contributed by atoms with E-state index >= 15 is 0 Å². The number of fused-ring (bicyclic) bond motifs is 1. The standard InChI is InChI=1S/C18H19F3N8S/c1-28-13(7-12(23)26-16(28)18(19,20)21)27-15-14-11(4-5-24-15)25-17(30-14)29-6-2-3-10(8-22)9-29/h4-5,7,10,16H,2-3,6,9H2,1H3,(H2,23,26)(H,24,27). The number of piperidine rings is 1. The van der Waals surface area contributed by atoms with E-state index in [1.807, 2.05) is 0 Å². The van der Waals surface area contributed by atoms with Crippen molar-refractivity contribution in [1.82, 2.24) is 14.9 Å². The first kappa shape index (κ1) is 20.2. The lowest BCUT2D eigenvalue weighted by atomic mass is 10.0. The molecule has 0 aromatic carbocycles. The number of nitriles is 1. The molecule has 158 valence electrons. The van der Waals surface area contributed by atoms with E-state index < -0.39 is 12.3 Å². The highest BCUT2D eigenvalue weighted by Crippen LogP contribution is 2.36. The van der Waals surface area contributed by atoms with E-state index in [4.69, 9.17) is 5.73 Å². The average Bonchev–Trinajstić information content (AvgIpc) is 3.15. The van der Waals surface area contributed by atoms with Gasteiger partial charge >= 0.3 is 6.18 Å². The monoisotopic (exact) mass is 436 g/mol. The molecular formula is C18H19F3N8S. The van der Waals surface area contributed by atoms with Crippen molar-refractivity contribution in [2.75, 3.05) is 30.4 Å². The van der Waals surface area contributed by atoms with Crippen molar-refractivity contribution in [2.45, 2.75) is 25.2 Å². The summed E-state index contributed by atoms with van der Waals surface area (Å²) in [5.41, 5.74) is 6.29. The minimum absolute atomic E-state index is 0.0379. The van der Waals surface area contributed by atoms with Gasteiger partial charge in [0.25, 0.3) is 0 Å². The van der Waals surface area contributed by atoms with Gasteiger partial charge in [-0.15, -0.1) is 0 Å². The number of nitrogens with zero attached hydrogens (tertiary/aromatic N) is 6. The van der Waals surface area contributed by atoms with Gasteiger partial charge < -0.3 is 20.9 Å². The first-order valence-corrected chi connectivity index (χ1v) is 10.1. The third kappa shape index (κ3) is 3.85. The van der Waals surface area contributed by atoms with Crippen LogP contribution in [0.3, 0.4) is 0 Å². The molecule has 0 radical (unpaired) electrons. The van der Waals surface area contributed by atoms with E-state index in [0.717, 1.165) is 29.4 Å². The number of amidine groups is 1. The number of aromatic nitrogens is 2. The maximum atomic E-state index is 13.3. The minimum atomic E-state index is -4.57. The number of halogens is 3. The topological polar surface area (TPSA) is 106 Å². The molecule has 0 amide bonds. The Morgan fingerprint density at radius 2 is 2.20 bits per heavy atom. The molecule has 30 heavy (non-hydrogen) atoms. The lowest BCUT2D eigenvalue weighted by Gasteiger charge is -2.33. The van der Waals surface area contributed by atoms with Gasteiger partial charge in [-0.1, -0.05) is 11.3 Å². The SMILES string of the molecule is CN1C(Nc2nccc3nc(N4CCCC(C#N)C4)sc23)=CC(N)=NC1C(F)(F)F. The van der Waals surface area contributed by atoms with Crippen molar-refractivity contribution < 1.29 is 13.2 Å². The van der Waals surface area contributed by atoms with Gasteiger partial charge in [-0.2, -0.15) is 18.4 Å². The number of hydrogen-bond donors (Lipinski definition) is 2. The summed E-state index contributed by atoms with van der Waals surface area (Å²) in [5.74, 6) is 0.274. The van der Waals surface area contributed by atoms with Crippen LogP contribution in [0.5, 0.6) is 0 Å². The van der Waals surface area contributed by atoms with Gasteiger partial charge in [-0.25, -0.2) is 15.0 Å². The van der Waals surface area contributed by atoms with Crippen molar-refractivity contribution in [3.8, 4) is 6.07 Å². The number of nitrogens with two attached hydrogens (primary N) is 1. The Morgan fingerprint density at radius 3 is 2.93 bits per heavy atom. The molecule has 0 aliphatic carbocycles. The number of anilines is 2. The summed E-state index contributed by atoms with van der Waals surface area (Å²) in [5, 5.41) is 12.9. The van der Waals surface area contributed by atoms with E-state index in [1.54, 1.807) is 12.3 Å². The van der Waals surface area contributed by atoms with Gasteiger partial charge in [0.2, 0.25) is 6.17 Å². The molecule has 2 aliphatic heterocycles. The van der Waals surface area contributed by atoms with Gasteiger partial charge in [0.05, 0.1) is 22.2 Å². The summed E-state index contributed by atoms with van der Waals surface area (Å²) < 4.78 is 40.6. The fraction of sp³-hybridized carbons (Fsp3) is 0.444. The minimum Gasteiger partial charge on any atom is -0.384 e. The number of hydrogen-bond acceptors (Lipinski definition) is 9. The lowest BCUT2D eigenvalue weighted by molar-refractivity contribution is -0.173. The van der Waals surface area contributed by atoms with Gasteiger partial charge in [0.1, 0.15) is 11.7 Å². The summed E-state index contributed by atoms with van der Waals surface area (Å²) in [6.07, 6.45) is -1.97. The Bertz CT molecular complexity index is 1050. The zero-order valence-electron chi connectivity index (χ0n) is 16.0. The largest absolute Gasteiger partial charge is 0.429 e. The second-order valence-electron chi connectivity index (χ2n) is 7.15. The third-order valence-electron chi connectivity index (χ3n) is 5.01. The van der Waals surface area contributed by atoms with Gasteiger partial charge in [0, 0.05) is 32.4 Å². The Balaban J connectivity index is 1.63. The highest BCUT2D eigenvalue weighted by atomic mass is 32.1. The average molecular weight is 436 g/mol. The van der Waals surface area contributed by atoms with E-state index in [9.17, 15) is 18.4 Å². The maximum Gasteiger partial charge on any atom is 0.429 e. The third-order valence-corrected chi connectivity index (χ3v) is 6.15. The highest BCUT2D eigenvalue weighted by Gasteiger charge is 2.45. The number of rotatable bonds is 3. The van der Waals surface area contributed by atoms with E-state index in [-0.39, 0.29) is 17.6 Å². The van der Waals surface area contributed by atoms with Crippen LogP contribution in [0.15, 0.2) is 29.2 Å². The molecule has 0 bridgehead atoms. The molecule has 4 heterocycles. The van der Waals surface area contributed by atoms with E-state index in [0.29, 0.717) is 22.6 Å². The lowest BCUT2D eigenvalue weighted by Crippen LogP contribution is -2.46. The summed E-state index contributed by atoms with van der Waals surface area (Å²) in [7, 11) is 1.29. The van der Waals surface area contributed by atoms with Gasteiger partial charge in [0.15, 0.2) is 10.9 Å². The molecule has 2 aromatic heterocycles. The summed E-state index contributed by atoms with van der Waals surface area (Å²) >= 11 is 1.39. The molecule has 2 aromatic rings. The molecule has 1 saturated heterocycles. The van der Waals surface area contributed by atoms with Crippen molar-refractivity contribution in [3.05, 3.63) is 24.2 Å². The summed E-state index contributed by atoms with van der Waals surface area (Å²) in [6.45, 7) is 1.42. The predicted octanol–water partition coefficient (Wildman–Crippen LogP) is 2.88. The van der Waals surface area contributed by atoms with Crippen LogP contribution < -0.4 is 16.0 Å². The number of alkyl halides is 3. The van der Waals surface area contributed by atoms with Crippen LogP contribution in [0.1, 0.15) is 12.8 Å². The summed E-state index contributed by atoms with van der Waals surface area (Å²) in [4.78, 5) is 15.5. The maximum absolute atomic E-state index is 13.3. The quantitative estimate of drug-likeness (QED) is 0.762. The number of pyridine rings is 1. The van der Waals surface area contributed by atoms with Crippen molar-refractivity contribution >= 4 is 38.3 Å². The van der Waals surface area contributed by atoms with E-state index in [1.165, 1.54) is 24.5 Å².